The number of fused-ring (bicyclic) bond motifs is 1. The lowest BCUT2D eigenvalue weighted by Gasteiger charge is -2.29. The molecule has 4 heteroatoms. The molecule has 1 fully saturated rings. The molecular weight excluding hydrogens is 241 g/mol. The van der Waals surface area contributed by atoms with Gasteiger partial charge in [0.25, 0.3) is 0 Å². The van der Waals surface area contributed by atoms with E-state index in [-0.39, 0.29) is 11.2 Å². The number of H-pyrrole nitrogens is 1. The second-order valence-corrected chi connectivity index (χ2v) is 5.65. The van der Waals surface area contributed by atoms with Crippen molar-refractivity contribution in [1.82, 2.24) is 9.97 Å². The van der Waals surface area contributed by atoms with Crippen LogP contribution < -0.4 is 5.73 Å². The molecule has 0 spiro atoms. The highest BCUT2D eigenvalue weighted by molar-refractivity contribution is 5.75. The molecule has 1 aliphatic carbocycles. The molecule has 3 N–H and O–H groups in total. The Morgan fingerprint density at radius 3 is 2.63 bits per heavy atom. The molecule has 0 radical (unpaired) electrons. The van der Waals surface area contributed by atoms with E-state index in [9.17, 15) is 4.39 Å². The molecule has 0 saturated heterocycles. The highest BCUT2D eigenvalue weighted by Crippen LogP contribution is 2.36. The van der Waals surface area contributed by atoms with Crippen LogP contribution in [-0.2, 0) is 5.41 Å². The van der Waals surface area contributed by atoms with Gasteiger partial charge >= 0.3 is 0 Å². The fourth-order valence-electron chi connectivity index (χ4n) is 3.18. The lowest BCUT2D eigenvalue weighted by atomic mass is 9.79. The van der Waals surface area contributed by atoms with E-state index in [1.165, 1.54) is 37.8 Å². The Kier molecular flexibility index (Phi) is 3.27. The Bertz CT molecular complexity index is 568. The summed E-state index contributed by atoms with van der Waals surface area (Å²) in [6.45, 7) is 0.606. The van der Waals surface area contributed by atoms with Crippen LogP contribution in [0.5, 0.6) is 0 Å². The van der Waals surface area contributed by atoms with Crippen molar-refractivity contribution in [2.75, 3.05) is 6.54 Å². The Morgan fingerprint density at radius 2 is 1.95 bits per heavy atom. The molecule has 1 saturated carbocycles. The van der Waals surface area contributed by atoms with E-state index >= 15 is 0 Å². The molecule has 2 aromatic rings. The average Bonchev–Trinajstić information content (AvgIpc) is 2.69. The van der Waals surface area contributed by atoms with Gasteiger partial charge in [0.2, 0.25) is 0 Å². The van der Waals surface area contributed by atoms with Gasteiger partial charge in [0.05, 0.1) is 11.0 Å². The second kappa shape index (κ2) is 4.93. The first-order chi connectivity index (χ1) is 9.23. The molecular formula is C15H20FN3. The summed E-state index contributed by atoms with van der Waals surface area (Å²) in [5.41, 5.74) is 7.61. The van der Waals surface area contributed by atoms with E-state index in [0.717, 1.165) is 29.7 Å². The van der Waals surface area contributed by atoms with Crippen molar-refractivity contribution in [2.24, 2.45) is 5.73 Å². The van der Waals surface area contributed by atoms with E-state index in [0.29, 0.717) is 6.54 Å². The molecule has 3 nitrogen and oxygen atoms in total. The summed E-state index contributed by atoms with van der Waals surface area (Å²) in [5.74, 6) is 0.711. The van der Waals surface area contributed by atoms with Crippen molar-refractivity contribution in [3.05, 3.63) is 29.8 Å². The second-order valence-electron chi connectivity index (χ2n) is 5.65. The van der Waals surface area contributed by atoms with Gasteiger partial charge < -0.3 is 10.7 Å². The summed E-state index contributed by atoms with van der Waals surface area (Å²) in [6.07, 6.45) is 7.09. The van der Waals surface area contributed by atoms with Gasteiger partial charge in [-0.2, -0.15) is 0 Å². The largest absolute Gasteiger partial charge is 0.341 e. The van der Waals surface area contributed by atoms with Crippen molar-refractivity contribution in [3.8, 4) is 0 Å². The van der Waals surface area contributed by atoms with Gasteiger partial charge in [0.1, 0.15) is 11.6 Å². The summed E-state index contributed by atoms with van der Waals surface area (Å²) in [4.78, 5) is 7.95. The number of nitrogens with one attached hydrogen (secondary N) is 1. The first kappa shape index (κ1) is 12.6. The van der Waals surface area contributed by atoms with Gasteiger partial charge in [0.15, 0.2) is 0 Å². The smallest absolute Gasteiger partial charge is 0.125 e. The molecule has 102 valence electrons. The van der Waals surface area contributed by atoms with E-state index in [1.54, 1.807) is 6.07 Å². The van der Waals surface area contributed by atoms with Crippen molar-refractivity contribution >= 4 is 11.0 Å². The number of aromatic amines is 1. The van der Waals surface area contributed by atoms with Crippen LogP contribution in [0.3, 0.4) is 0 Å². The van der Waals surface area contributed by atoms with E-state index < -0.39 is 0 Å². The third kappa shape index (κ3) is 2.25. The number of hydrogen-bond donors (Lipinski definition) is 2. The van der Waals surface area contributed by atoms with Crippen LogP contribution in [0, 0.1) is 5.82 Å². The van der Waals surface area contributed by atoms with Gasteiger partial charge in [-0.15, -0.1) is 0 Å². The fourth-order valence-corrected chi connectivity index (χ4v) is 3.18. The van der Waals surface area contributed by atoms with Crippen LogP contribution in [0.4, 0.5) is 4.39 Å². The van der Waals surface area contributed by atoms with Gasteiger partial charge in [0, 0.05) is 12.0 Å². The van der Waals surface area contributed by atoms with Gasteiger partial charge in [-0.05, 0) is 31.0 Å². The Labute approximate surface area is 112 Å². The summed E-state index contributed by atoms with van der Waals surface area (Å²) in [5, 5.41) is 0. The maximum Gasteiger partial charge on any atom is 0.125 e. The maximum atomic E-state index is 13.3. The maximum absolute atomic E-state index is 13.3. The zero-order valence-corrected chi connectivity index (χ0v) is 11.1. The number of imidazole rings is 1. The van der Waals surface area contributed by atoms with Crippen molar-refractivity contribution in [1.29, 1.82) is 0 Å². The Morgan fingerprint density at radius 1 is 1.21 bits per heavy atom. The third-order valence-corrected chi connectivity index (χ3v) is 4.40. The van der Waals surface area contributed by atoms with Crippen LogP contribution in [-0.4, -0.2) is 16.5 Å². The predicted octanol–water partition coefficient (Wildman–Crippen LogP) is 3.25. The molecule has 19 heavy (non-hydrogen) atoms. The van der Waals surface area contributed by atoms with Gasteiger partial charge in [-0.1, -0.05) is 25.7 Å². The number of hydrogen-bond acceptors (Lipinski definition) is 2. The zero-order valence-electron chi connectivity index (χ0n) is 11.1. The Balaban J connectivity index is 2.04. The normalized spacial score (nSPS) is 19.5. The minimum absolute atomic E-state index is 0.0496. The predicted molar refractivity (Wildman–Crippen MR) is 74.5 cm³/mol. The van der Waals surface area contributed by atoms with Crippen LogP contribution in [0.15, 0.2) is 18.2 Å². The molecule has 1 aromatic heterocycles. The minimum atomic E-state index is -0.231. The zero-order chi connectivity index (χ0) is 13.3. The van der Waals surface area contributed by atoms with E-state index in [4.69, 9.17) is 5.73 Å². The molecule has 0 bridgehead atoms. The van der Waals surface area contributed by atoms with Crippen LogP contribution in [0.25, 0.3) is 11.0 Å². The van der Waals surface area contributed by atoms with Gasteiger partial charge in [-0.3, -0.25) is 0 Å². The van der Waals surface area contributed by atoms with Crippen molar-refractivity contribution in [3.63, 3.8) is 0 Å². The third-order valence-electron chi connectivity index (χ3n) is 4.40. The van der Waals surface area contributed by atoms with Crippen molar-refractivity contribution in [2.45, 2.75) is 43.9 Å². The SMILES string of the molecule is NCC1(c2nc3ccc(F)cc3[nH]2)CCCCCC1. The minimum Gasteiger partial charge on any atom is -0.341 e. The average molecular weight is 261 g/mol. The van der Waals surface area contributed by atoms with Crippen LogP contribution >= 0.6 is 0 Å². The molecule has 0 atom stereocenters. The molecule has 1 heterocycles. The Hall–Kier alpha value is -1.42. The monoisotopic (exact) mass is 261 g/mol. The first-order valence-electron chi connectivity index (χ1n) is 7.09. The quantitative estimate of drug-likeness (QED) is 0.815. The molecule has 0 unspecified atom stereocenters. The molecule has 3 rings (SSSR count). The van der Waals surface area contributed by atoms with E-state index in [1.807, 2.05) is 0 Å². The number of aromatic nitrogens is 2. The molecule has 1 aliphatic rings. The molecule has 0 amide bonds. The van der Waals surface area contributed by atoms with E-state index in [2.05, 4.69) is 9.97 Å². The summed E-state index contributed by atoms with van der Waals surface area (Å²) < 4.78 is 13.3. The number of benzene rings is 1. The number of nitrogens with two attached hydrogens (primary N) is 1. The standard InChI is InChI=1S/C15H20FN3/c16-11-5-6-12-13(9-11)19-14(18-12)15(10-17)7-3-1-2-4-8-15/h5-6,9H,1-4,7-8,10,17H2,(H,18,19). The highest BCUT2D eigenvalue weighted by atomic mass is 19.1. The number of halogens is 1. The summed E-state index contributed by atoms with van der Waals surface area (Å²) in [6, 6.07) is 4.69. The van der Waals surface area contributed by atoms with Crippen LogP contribution in [0.1, 0.15) is 44.3 Å². The summed E-state index contributed by atoms with van der Waals surface area (Å²) >= 11 is 0. The lowest BCUT2D eigenvalue weighted by molar-refractivity contribution is 0.363. The summed E-state index contributed by atoms with van der Waals surface area (Å²) in [7, 11) is 0. The highest BCUT2D eigenvalue weighted by Gasteiger charge is 2.34. The number of nitrogens with zero attached hydrogens (tertiary/aromatic N) is 1. The lowest BCUT2D eigenvalue weighted by Crippen LogP contribution is -2.35. The topological polar surface area (TPSA) is 54.7 Å². The molecule has 0 aliphatic heterocycles. The van der Waals surface area contributed by atoms with Crippen LogP contribution in [0.2, 0.25) is 0 Å². The van der Waals surface area contributed by atoms with Crippen molar-refractivity contribution < 1.29 is 4.39 Å². The first-order valence-corrected chi connectivity index (χ1v) is 7.09. The van der Waals surface area contributed by atoms with Gasteiger partial charge in [-0.25, -0.2) is 9.37 Å². The fraction of sp³-hybridized carbons (Fsp3) is 0.533. The molecule has 1 aromatic carbocycles. The number of rotatable bonds is 2.